The molecule has 5 aromatic carbocycles. The molecule has 2 N–H and O–H groups in total. The number of nitrogens with one attached hydrogen (secondary N) is 2. The summed E-state index contributed by atoms with van der Waals surface area (Å²) in [6.45, 7) is 17.4. The molecule has 2 atom stereocenters. The van der Waals surface area contributed by atoms with Crippen LogP contribution < -0.4 is 25.2 Å². The molecule has 0 saturated heterocycles. The fraction of sp³-hybridized carbons (Fsp3) is 0.523. The minimum atomic E-state index is -0.417. The Morgan fingerprint density at radius 1 is 0.417 bits per heavy atom. The molecule has 0 radical (unpaired) electrons. The second-order valence-corrected chi connectivity index (χ2v) is 27.7. The minimum absolute atomic E-state index is 0.0255. The van der Waals surface area contributed by atoms with Crippen molar-refractivity contribution >= 4 is 63.0 Å². The summed E-state index contributed by atoms with van der Waals surface area (Å²) in [6.07, 6.45) is 46.3. The average Bonchev–Trinajstić information content (AvgIpc) is 0.734. The van der Waals surface area contributed by atoms with Crippen LogP contribution >= 0.6 is 0 Å². The number of carbonyl (C=O) groups is 3. The van der Waals surface area contributed by atoms with Crippen molar-refractivity contribution in [2.75, 3.05) is 10.2 Å². The van der Waals surface area contributed by atoms with Crippen LogP contribution in [0.2, 0.25) is 0 Å². The highest BCUT2D eigenvalue weighted by atomic mass is 16.3. The van der Waals surface area contributed by atoms with E-state index in [-0.39, 0.29) is 34.8 Å². The van der Waals surface area contributed by atoms with Crippen molar-refractivity contribution in [3.05, 3.63) is 184 Å². The summed E-state index contributed by atoms with van der Waals surface area (Å²) in [7, 11) is 0. The zero-order chi connectivity index (χ0) is 68.3. The smallest absolute Gasteiger partial charge is 0.227 e. The summed E-state index contributed by atoms with van der Waals surface area (Å²) < 4.78 is 2.23. The molecule has 0 bridgehead atoms. The lowest BCUT2D eigenvalue weighted by atomic mass is 9.78. The van der Waals surface area contributed by atoms with Crippen molar-refractivity contribution < 1.29 is 19.5 Å². The van der Waals surface area contributed by atoms with Crippen molar-refractivity contribution in [2.24, 2.45) is 11.8 Å². The first-order chi connectivity index (χ1) is 47.0. The molecular weight excluding hydrogens is 1180 g/mol. The van der Waals surface area contributed by atoms with Crippen LogP contribution in [-0.4, -0.2) is 23.3 Å². The van der Waals surface area contributed by atoms with Crippen LogP contribution in [0, 0.1) is 11.8 Å². The summed E-state index contributed by atoms with van der Waals surface area (Å²) in [5, 5.41) is 22.0. The maximum Gasteiger partial charge on any atom is 0.227 e. The van der Waals surface area contributed by atoms with Crippen molar-refractivity contribution in [3.8, 4) is 0 Å². The van der Waals surface area contributed by atoms with Gasteiger partial charge < -0.3 is 20.6 Å². The number of ketones is 1. The Morgan fingerprint density at radius 2 is 0.781 bits per heavy atom. The fourth-order valence-corrected chi connectivity index (χ4v) is 13.9. The Labute approximate surface area is 581 Å². The van der Waals surface area contributed by atoms with Crippen LogP contribution in [0.15, 0.2) is 156 Å². The van der Waals surface area contributed by atoms with Crippen LogP contribution in [0.3, 0.4) is 0 Å². The number of amides is 2. The van der Waals surface area contributed by atoms with E-state index in [0.717, 1.165) is 124 Å². The molecule has 0 saturated carbocycles. The molecular formula is C88H122N4O4. The van der Waals surface area contributed by atoms with Gasteiger partial charge in [0.1, 0.15) is 0 Å². The van der Waals surface area contributed by atoms with Crippen LogP contribution in [-0.2, 0) is 40.1 Å². The summed E-state index contributed by atoms with van der Waals surface area (Å²) in [5.41, 5.74) is 12.4. The first-order valence-corrected chi connectivity index (χ1v) is 38.7. The lowest BCUT2D eigenvalue weighted by molar-refractivity contribution is -0.297. The number of anilines is 4. The molecule has 0 aromatic heterocycles. The van der Waals surface area contributed by atoms with E-state index in [4.69, 9.17) is 0 Å². The molecule has 96 heavy (non-hydrogen) atoms. The van der Waals surface area contributed by atoms with Crippen molar-refractivity contribution in [3.63, 3.8) is 0 Å². The monoisotopic (exact) mass is 1300 g/mol. The number of nitrogens with zero attached hydrogens (tertiary/aromatic N) is 2. The quantitative estimate of drug-likeness (QED) is 0.0229. The summed E-state index contributed by atoms with van der Waals surface area (Å²) in [4.78, 5) is 46.9. The lowest BCUT2D eigenvalue weighted by Gasteiger charge is -2.35. The van der Waals surface area contributed by atoms with Gasteiger partial charge in [0.15, 0.2) is 5.78 Å². The number of hydrogen-bond acceptors (Lipinski definition) is 5. The van der Waals surface area contributed by atoms with Crippen molar-refractivity contribution in [1.29, 1.82) is 0 Å². The van der Waals surface area contributed by atoms with Gasteiger partial charge in [0, 0.05) is 87.6 Å². The molecule has 0 aliphatic heterocycles. The number of Topliss-reactive ketones (excluding diaryl/α,β-unsaturated/α-hetero) is 1. The topological polar surface area (TPSA) is 105 Å². The Morgan fingerprint density at radius 3 is 1.17 bits per heavy atom. The van der Waals surface area contributed by atoms with Crippen LogP contribution in [0.25, 0.3) is 5.57 Å². The SMILES string of the molecule is CCCCCCCCc1ccc(N(c2ccc(CCCCCCCC)cc2)c2ccc(C3=C([O-])/C(=C4/C=CC(=[N+](c5ccc(CCCCCCCC)cc5)c5ccc(CCCCCCCC)cc5)C=C4NC(=O)C(CC)CCCC)C3=O)c(NC(=O)C(CC)CCCC)c2)cc1. The molecule has 2 aliphatic carbocycles. The van der Waals surface area contributed by atoms with E-state index in [2.05, 4.69) is 173 Å². The van der Waals surface area contributed by atoms with Crippen LogP contribution in [0.4, 0.5) is 34.1 Å². The van der Waals surface area contributed by atoms with Crippen molar-refractivity contribution in [2.45, 2.75) is 287 Å². The molecule has 7 rings (SSSR count). The van der Waals surface area contributed by atoms with Crippen molar-refractivity contribution in [1.82, 2.24) is 9.89 Å². The normalized spacial score (nSPS) is 14.4. The number of carbonyl (C=O) groups excluding carboxylic acids is 3. The lowest BCUT2D eigenvalue weighted by Crippen LogP contribution is -2.36. The van der Waals surface area contributed by atoms with Gasteiger partial charge in [0.2, 0.25) is 28.9 Å². The number of hydrogen-bond donors (Lipinski definition) is 2. The number of aryl methyl sites for hydroxylation is 4. The van der Waals surface area contributed by atoms with Crippen LogP contribution in [0.5, 0.6) is 0 Å². The zero-order valence-corrected chi connectivity index (χ0v) is 60.8. The van der Waals surface area contributed by atoms with Gasteiger partial charge in [0.25, 0.3) is 0 Å². The molecule has 0 spiro atoms. The van der Waals surface area contributed by atoms with Gasteiger partial charge in [-0.25, -0.2) is 0 Å². The zero-order valence-electron chi connectivity index (χ0n) is 60.8. The van der Waals surface area contributed by atoms with E-state index in [1.54, 1.807) is 0 Å². The average molecular weight is 1300 g/mol. The van der Waals surface area contributed by atoms with E-state index < -0.39 is 11.5 Å². The fourth-order valence-electron chi connectivity index (χ4n) is 13.9. The van der Waals surface area contributed by atoms with E-state index in [1.807, 2.05) is 36.4 Å². The molecule has 2 unspecified atom stereocenters. The third-order valence-electron chi connectivity index (χ3n) is 20.1. The molecule has 2 amide bonds. The maximum absolute atomic E-state index is 15.4. The molecule has 5 aromatic rings. The number of allylic oxidation sites excluding steroid dienone is 5. The van der Waals surface area contributed by atoms with E-state index in [0.29, 0.717) is 35.4 Å². The number of benzene rings is 5. The third kappa shape index (κ3) is 23.0. The molecule has 8 heteroatoms. The highest BCUT2D eigenvalue weighted by Gasteiger charge is 2.36. The molecule has 8 nitrogen and oxygen atoms in total. The van der Waals surface area contributed by atoms with Gasteiger partial charge in [-0.15, -0.1) is 0 Å². The van der Waals surface area contributed by atoms with Gasteiger partial charge in [-0.3, -0.25) is 14.4 Å². The van der Waals surface area contributed by atoms with Gasteiger partial charge in [-0.1, -0.05) is 270 Å². The van der Waals surface area contributed by atoms with E-state index in [9.17, 15) is 9.59 Å². The molecule has 2 aliphatic rings. The van der Waals surface area contributed by atoms with E-state index >= 15 is 9.90 Å². The summed E-state index contributed by atoms with van der Waals surface area (Å²) in [5.74, 6) is -1.60. The second-order valence-electron chi connectivity index (χ2n) is 27.7. The standard InChI is InChI=1S/C88H122N4O4/c1-9-17-23-27-31-35-39-67-45-53-73(54-46-67)91(74-55-47-68(48-56-74)40-36-32-28-24-18-10-2)77-61-63-79(81(65-77)89-87(95)71(15-7)43-21-13-5)83-85(93)84(86(83)94)80-64-62-78(66-82(80)90-88(96)72(16-8)44-22-14-6)92(75-57-49-69(50-58-75)41-37-33-29-25-19-11-3)76-59-51-70(52-60-76)42-38-34-30-26-20-12-4/h45-66,71-72H,9-44H2,1-8H3,(H2,89,90,93,94,95,96). The van der Waals surface area contributed by atoms with Gasteiger partial charge in [-0.2, -0.15) is 4.58 Å². The Balaban J connectivity index is 1.33. The predicted molar refractivity (Wildman–Crippen MR) is 408 cm³/mol. The van der Waals surface area contributed by atoms with Gasteiger partial charge >= 0.3 is 0 Å². The number of rotatable bonds is 46. The Bertz CT molecular complexity index is 3200. The Hall–Kier alpha value is -7.06. The van der Waals surface area contributed by atoms with Gasteiger partial charge in [0.05, 0.1) is 11.4 Å². The summed E-state index contributed by atoms with van der Waals surface area (Å²) >= 11 is 0. The minimum Gasteiger partial charge on any atom is -0.871 e. The first-order valence-electron chi connectivity index (χ1n) is 38.7. The summed E-state index contributed by atoms with van der Waals surface area (Å²) in [6, 6.07) is 41.3. The third-order valence-corrected chi connectivity index (χ3v) is 20.1. The highest BCUT2D eigenvalue weighted by molar-refractivity contribution is 6.40. The molecule has 0 fully saturated rings. The van der Waals surface area contributed by atoms with Crippen LogP contribution in [0.1, 0.15) is 289 Å². The first kappa shape index (κ1) is 76.3. The molecule has 0 heterocycles. The van der Waals surface area contributed by atoms with Gasteiger partial charge in [-0.05, 0) is 142 Å². The second kappa shape index (κ2) is 42.6. The molecule has 518 valence electrons. The Kier molecular flexibility index (Phi) is 33.8. The maximum atomic E-state index is 15.4. The number of unbranched alkanes of at least 4 members (excludes halogenated alkanes) is 22. The predicted octanol–water partition coefficient (Wildman–Crippen LogP) is 23.6. The van der Waals surface area contributed by atoms with E-state index in [1.165, 1.54) is 151 Å². The largest absolute Gasteiger partial charge is 0.871 e. The highest BCUT2D eigenvalue weighted by Crippen LogP contribution is 2.45.